The molecule has 0 radical (unpaired) electrons. The number of benzene rings is 3. The normalized spacial score (nSPS) is 12.2. The van der Waals surface area contributed by atoms with Gasteiger partial charge in [-0.3, -0.25) is 14.9 Å². The van der Waals surface area contributed by atoms with Gasteiger partial charge in [-0.15, -0.1) is 0 Å². The van der Waals surface area contributed by atoms with Crippen LogP contribution >= 0.6 is 0 Å². The number of hydrogen-bond donors (Lipinski definition) is 2. The average molecular weight is 482 g/mol. The number of nitro groups is 1. The Morgan fingerprint density at radius 1 is 0.941 bits per heavy atom. The van der Waals surface area contributed by atoms with E-state index in [1.54, 1.807) is 57.2 Å². The molecule has 0 aliphatic heterocycles. The maximum absolute atomic E-state index is 13.4. The Morgan fingerprint density at radius 2 is 1.56 bits per heavy atom. The minimum Gasteiger partial charge on any atom is -0.324 e. The molecule has 1 atom stereocenters. The summed E-state index contributed by atoms with van der Waals surface area (Å²) in [6, 6.07) is 15.6. The lowest BCUT2D eigenvalue weighted by Crippen LogP contribution is -2.45. The van der Waals surface area contributed by atoms with Crippen molar-refractivity contribution in [3.8, 4) is 0 Å². The molecule has 9 heteroatoms. The second-order valence-corrected chi connectivity index (χ2v) is 9.99. The van der Waals surface area contributed by atoms with Gasteiger partial charge in [-0.2, -0.15) is 4.72 Å². The number of amides is 1. The van der Waals surface area contributed by atoms with Crippen LogP contribution in [0, 0.1) is 37.8 Å². The first kappa shape index (κ1) is 25.1. The number of sulfonamides is 1. The third-order valence-electron chi connectivity index (χ3n) is 5.46. The van der Waals surface area contributed by atoms with Crippen molar-refractivity contribution in [1.82, 2.24) is 4.72 Å². The van der Waals surface area contributed by atoms with E-state index in [2.05, 4.69) is 10.0 Å². The van der Waals surface area contributed by atoms with Gasteiger partial charge in [0, 0.05) is 12.1 Å². The van der Waals surface area contributed by atoms with Crippen LogP contribution in [0.4, 0.5) is 11.4 Å². The minimum absolute atomic E-state index is 0.101. The summed E-state index contributed by atoms with van der Waals surface area (Å²) in [6.45, 7) is 7.02. The van der Waals surface area contributed by atoms with Crippen molar-refractivity contribution in [3.63, 3.8) is 0 Å². The van der Waals surface area contributed by atoms with E-state index in [4.69, 9.17) is 0 Å². The highest BCUT2D eigenvalue weighted by Gasteiger charge is 2.29. The predicted octanol–water partition coefficient (Wildman–Crippen LogP) is 4.36. The molecule has 0 aromatic heterocycles. The first-order chi connectivity index (χ1) is 16.0. The van der Waals surface area contributed by atoms with Crippen LogP contribution in [0.3, 0.4) is 0 Å². The Morgan fingerprint density at radius 3 is 2.15 bits per heavy atom. The summed E-state index contributed by atoms with van der Waals surface area (Å²) in [5.74, 6) is -0.613. The molecule has 0 spiro atoms. The third kappa shape index (κ3) is 5.86. The molecule has 0 aliphatic carbocycles. The first-order valence-electron chi connectivity index (χ1n) is 10.7. The molecule has 1 unspecified atom stereocenters. The summed E-state index contributed by atoms with van der Waals surface area (Å²) < 4.78 is 29.3. The number of non-ortho nitro benzene ring substituents is 1. The number of anilines is 1. The van der Waals surface area contributed by atoms with E-state index >= 15 is 0 Å². The number of hydrogen-bond acceptors (Lipinski definition) is 5. The van der Waals surface area contributed by atoms with Gasteiger partial charge in [0.1, 0.15) is 6.04 Å². The number of carbonyl (C=O) groups excluding carboxylic acids is 1. The zero-order valence-electron chi connectivity index (χ0n) is 19.5. The standard InChI is InChI=1S/C25H27N3O5S/c1-16-12-18(3)24(19(4)13-16)34(32,33)27-23(14-20-8-6-5-7-9-20)25(29)26-22-15-21(28(30)31)11-10-17(22)2/h5-13,15,23,27H,14H2,1-4H3,(H,26,29). The van der Waals surface area contributed by atoms with E-state index in [1.807, 2.05) is 13.0 Å². The first-order valence-corrected chi connectivity index (χ1v) is 12.2. The van der Waals surface area contributed by atoms with Crippen molar-refractivity contribution in [2.45, 2.75) is 45.1 Å². The highest BCUT2D eigenvalue weighted by atomic mass is 32.2. The van der Waals surface area contributed by atoms with Gasteiger partial charge in [0.15, 0.2) is 0 Å². The van der Waals surface area contributed by atoms with E-state index in [9.17, 15) is 23.3 Å². The number of carbonyl (C=O) groups is 1. The van der Waals surface area contributed by atoms with Crippen molar-refractivity contribution in [3.05, 3.63) is 98.6 Å². The van der Waals surface area contributed by atoms with E-state index in [-0.39, 0.29) is 22.7 Å². The minimum atomic E-state index is -4.05. The molecule has 0 fully saturated rings. The quantitative estimate of drug-likeness (QED) is 0.366. The van der Waals surface area contributed by atoms with Crippen molar-refractivity contribution in [1.29, 1.82) is 0 Å². The van der Waals surface area contributed by atoms with Gasteiger partial charge in [-0.05, 0) is 56.4 Å². The summed E-state index contributed by atoms with van der Waals surface area (Å²) in [4.78, 5) is 24.0. The summed E-state index contributed by atoms with van der Waals surface area (Å²) in [5, 5.41) is 13.8. The van der Waals surface area contributed by atoms with Crippen molar-refractivity contribution in [2.24, 2.45) is 0 Å². The van der Waals surface area contributed by atoms with Crippen LogP contribution in [0.5, 0.6) is 0 Å². The molecular formula is C25H27N3O5S. The molecule has 178 valence electrons. The monoisotopic (exact) mass is 481 g/mol. The van der Waals surface area contributed by atoms with Crippen LogP contribution in [-0.2, 0) is 21.2 Å². The Labute approximate surface area is 199 Å². The van der Waals surface area contributed by atoms with Gasteiger partial charge >= 0.3 is 0 Å². The maximum Gasteiger partial charge on any atom is 0.271 e. The molecular weight excluding hydrogens is 454 g/mol. The van der Waals surface area contributed by atoms with Crippen LogP contribution in [-0.4, -0.2) is 25.3 Å². The highest BCUT2D eigenvalue weighted by molar-refractivity contribution is 7.89. The number of rotatable bonds is 8. The summed E-state index contributed by atoms with van der Waals surface area (Å²) >= 11 is 0. The number of nitro benzene ring substituents is 1. The van der Waals surface area contributed by atoms with E-state index in [0.717, 1.165) is 11.1 Å². The van der Waals surface area contributed by atoms with Crippen LogP contribution in [0.2, 0.25) is 0 Å². The molecule has 0 saturated heterocycles. The summed E-state index contributed by atoms with van der Waals surface area (Å²) in [6.07, 6.45) is 0.101. The topological polar surface area (TPSA) is 118 Å². The van der Waals surface area contributed by atoms with Crippen LogP contribution in [0.1, 0.15) is 27.8 Å². The van der Waals surface area contributed by atoms with Crippen LogP contribution in [0.25, 0.3) is 0 Å². The zero-order chi connectivity index (χ0) is 25.0. The van der Waals surface area contributed by atoms with Gasteiger partial charge in [-0.25, -0.2) is 8.42 Å². The smallest absolute Gasteiger partial charge is 0.271 e. The molecule has 0 bridgehead atoms. The number of nitrogens with one attached hydrogen (secondary N) is 2. The molecule has 3 aromatic rings. The molecule has 3 aromatic carbocycles. The predicted molar refractivity (Wildman–Crippen MR) is 131 cm³/mol. The van der Waals surface area contributed by atoms with Gasteiger partial charge in [-0.1, -0.05) is 54.1 Å². The molecule has 1 amide bonds. The zero-order valence-corrected chi connectivity index (χ0v) is 20.3. The number of nitrogens with zero attached hydrogens (tertiary/aromatic N) is 1. The molecule has 0 saturated carbocycles. The van der Waals surface area contributed by atoms with Gasteiger partial charge in [0.25, 0.3) is 5.69 Å². The van der Waals surface area contributed by atoms with Crippen molar-refractivity contribution < 1.29 is 18.1 Å². The lowest BCUT2D eigenvalue weighted by molar-refractivity contribution is -0.384. The second kappa shape index (κ2) is 10.1. The van der Waals surface area contributed by atoms with Gasteiger partial charge in [0.2, 0.25) is 15.9 Å². The molecule has 0 aliphatic rings. The third-order valence-corrected chi connectivity index (χ3v) is 7.24. The van der Waals surface area contributed by atoms with Gasteiger partial charge < -0.3 is 5.32 Å². The molecule has 2 N–H and O–H groups in total. The molecule has 8 nitrogen and oxygen atoms in total. The Hall–Kier alpha value is -3.56. The fraction of sp³-hybridized carbons (Fsp3) is 0.240. The van der Waals surface area contributed by atoms with Crippen molar-refractivity contribution in [2.75, 3.05) is 5.32 Å². The SMILES string of the molecule is Cc1cc(C)c(S(=O)(=O)NC(Cc2ccccc2)C(=O)Nc2cc([N+](=O)[O-])ccc2C)c(C)c1. The molecule has 0 heterocycles. The largest absolute Gasteiger partial charge is 0.324 e. The van der Waals surface area contributed by atoms with Crippen LogP contribution in [0.15, 0.2) is 65.6 Å². The summed E-state index contributed by atoms with van der Waals surface area (Å²) in [5.41, 5.74) is 3.56. The van der Waals surface area contributed by atoms with Crippen LogP contribution < -0.4 is 10.0 Å². The molecule has 34 heavy (non-hydrogen) atoms. The van der Waals surface area contributed by atoms with E-state index in [0.29, 0.717) is 16.7 Å². The Kier molecular flexibility index (Phi) is 7.48. The lowest BCUT2D eigenvalue weighted by Gasteiger charge is -2.21. The molecule has 3 rings (SSSR count). The summed E-state index contributed by atoms with van der Waals surface area (Å²) in [7, 11) is -4.05. The second-order valence-electron chi connectivity index (χ2n) is 8.34. The van der Waals surface area contributed by atoms with Crippen molar-refractivity contribution >= 4 is 27.3 Å². The fourth-order valence-electron chi connectivity index (χ4n) is 3.95. The van der Waals surface area contributed by atoms with Gasteiger partial charge in [0.05, 0.1) is 15.5 Å². The fourth-order valence-corrected chi connectivity index (χ4v) is 5.60. The Balaban J connectivity index is 1.97. The average Bonchev–Trinajstić information content (AvgIpc) is 2.74. The highest BCUT2D eigenvalue weighted by Crippen LogP contribution is 2.24. The number of aryl methyl sites for hydroxylation is 4. The Bertz CT molecular complexity index is 1310. The maximum atomic E-state index is 13.4. The lowest BCUT2D eigenvalue weighted by atomic mass is 10.1. The van der Waals surface area contributed by atoms with E-state index < -0.39 is 26.9 Å². The van der Waals surface area contributed by atoms with E-state index in [1.165, 1.54) is 18.2 Å².